The van der Waals surface area contributed by atoms with Gasteiger partial charge in [-0.05, 0) is 26.8 Å². The molecule has 0 saturated heterocycles. The average Bonchev–Trinajstić information content (AvgIpc) is 2.43. The SMILES string of the molecule is CCOc1ccccc1C(N)Cn1c(C)nc(C)cc1=O. The van der Waals surface area contributed by atoms with Gasteiger partial charge in [0.25, 0.3) is 5.56 Å². The lowest BCUT2D eigenvalue weighted by molar-refractivity contribution is 0.332. The fourth-order valence-electron chi connectivity index (χ4n) is 2.35. The van der Waals surface area contributed by atoms with Crippen LogP contribution < -0.4 is 16.0 Å². The Labute approximate surface area is 124 Å². The highest BCUT2D eigenvalue weighted by atomic mass is 16.5. The molecule has 0 amide bonds. The zero-order valence-electron chi connectivity index (χ0n) is 12.7. The van der Waals surface area contributed by atoms with Crippen LogP contribution in [-0.2, 0) is 6.54 Å². The second-order valence-electron chi connectivity index (χ2n) is 4.97. The van der Waals surface area contributed by atoms with Gasteiger partial charge in [0.1, 0.15) is 11.6 Å². The Kier molecular flexibility index (Phi) is 4.75. The summed E-state index contributed by atoms with van der Waals surface area (Å²) in [6.45, 7) is 6.51. The smallest absolute Gasteiger partial charge is 0.253 e. The number of benzene rings is 1. The summed E-state index contributed by atoms with van der Waals surface area (Å²) in [6.07, 6.45) is 0. The van der Waals surface area contributed by atoms with Crippen molar-refractivity contribution in [2.75, 3.05) is 6.61 Å². The molecule has 0 aliphatic heterocycles. The van der Waals surface area contributed by atoms with E-state index < -0.39 is 0 Å². The highest BCUT2D eigenvalue weighted by Gasteiger charge is 2.14. The van der Waals surface area contributed by atoms with Crippen molar-refractivity contribution in [2.24, 2.45) is 5.73 Å². The Morgan fingerprint density at radius 2 is 2.05 bits per heavy atom. The van der Waals surface area contributed by atoms with Crippen LogP contribution in [0.5, 0.6) is 5.75 Å². The summed E-state index contributed by atoms with van der Waals surface area (Å²) >= 11 is 0. The van der Waals surface area contributed by atoms with Gasteiger partial charge in [0, 0.05) is 23.9 Å². The normalized spacial score (nSPS) is 12.2. The minimum atomic E-state index is -0.325. The van der Waals surface area contributed by atoms with E-state index in [2.05, 4.69) is 4.98 Å². The molecule has 1 aromatic carbocycles. The largest absolute Gasteiger partial charge is 0.494 e. The van der Waals surface area contributed by atoms with Crippen LogP contribution in [0.25, 0.3) is 0 Å². The van der Waals surface area contributed by atoms with Crippen LogP contribution in [0.1, 0.15) is 30.0 Å². The van der Waals surface area contributed by atoms with Crippen LogP contribution >= 0.6 is 0 Å². The van der Waals surface area contributed by atoms with E-state index >= 15 is 0 Å². The summed E-state index contributed by atoms with van der Waals surface area (Å²) in [5.41, 5.74) is 7.80. The molecule has 112 valence electrons. The molecule has 1 aromatic heterocycles. The lowest BCUT2D eigenvalue weighted by Crippen LogP contribution is -2.29. The zero-order chi connectivity index (χ0) is 15.4. The number of aromatic nitrogens is 2. The zero-order valence-corrected chi connectivity index (χ0v) is 12.7. The number of para-hydroxylation sites is 1. The maximum absolute atomic E-state index is 12.1. The Bertz CT molecular complexity index is 679. The number of rotatable bonds is 5. The lowest BCUT2D eigenvalue weighted by Gasteiger charge is -2.18. The van der Waals surface area contributed by atoms with Crippen LogP contribution in [0.4, 0.5) is 0 Å². The second-order valence-corrected chi connectivity index (χ2v) is 4.97. The Morgan fingerprint density at radius 3 is 2.71 bits per heavy atom. The van der Waals surface area contributed by atoms with Crippen LogP contribution in [0.3, 0.4) is 0 Å². The lowest BCUT2D eigenvalue weighted by atomic mass is 10.1. The number of ether oxygens (including phenoxy) is 1. The third-order valence-corrected chi connectivity index (χ3v) is 3.32. The summed E-state index contributed by atoms with van der Waals surface area (Å²) in [5, 5.41) is 0. The second kappa shape index (κ2) is 6.54. The monoisotopic (exact) mass is 287 g/mol. The Morgan fingerprint density at radius 1 is 1.33 bits per heavy atom. The van der Waals surface area contributed by atoms with E-state index in [0.29, 0.717) is 19.0 Å². The van der Waals surface area contributed by atoms with Gasteiger partial charge >= 0.3 is 0 Å². The van der Waals surface area contributed by atoms with E-state index in [9.17, 15) is 4.79 Å². The molecular weight excluding hydrogens is 266 g/mol. The van der Waals surface area contributed by atoms with Crippen molar-refractivity contribution in [3.05, 3.63) is 57.8 Å². The summed E-state index contributed by atoms with van der Waals surface area (Å²) < 4.78 is 7.19. The topological polar surface area (TPSA) is 70.1 Å². The van der Waals surface area contributed by atoms with Crippen molar-refractivity contribution in [1.29, 1.82) is 0 Å². The molecule has 2 rings (SSSR count). The number of hydrogen-bond donors (Lipinski definition) is 1. The molecule has 5 nitrogen and oxygen atoms in total. The molecule has 0 spiro atoms. The third-order valence-electron chi connectivity index (χ3n) is 3.32. The number of nitrogens with two attached hydrogens (primary N) is 1. The molecule has 0 fully saturated rings. The van der Waals surface area contributed by atoms with E-state index in [1.165, 1.54) is 6.07 Å². The summed E-state index contributed by atoms with van der Waals surface area (Å²) in [5.74, 6) is 1.43. The first-order chi connectivity index (χ1) is 10.0. The average molecular weight is 287 g/mol. The predicted molar refractivity (Wildman–Crippen MR) is 82.5 cm³/mol. The van der Waals surface area contributed by atoms with Crippen LogP contribution in [0, 0.1) is 13.8 Å². The molecule has 21 heavy (non-hydrogen) atoms. The molecular formula is C16H21N3O2. The fraction of sp³-hybridized carbons (Fsp3) is 0.375. The third kappa shape index (κ3) is 3.49. The molecule has 1 atom stereocenters. The Hall–Kier alpha value is -2.14. The summed E-state index contributed by atoms with van der Waals surface area (Å²) in [6, 6.07) is 8.84. The molecule has 5 heteroatoms. The molecule has 0 bridgehead atoms. The van der Waals surface area contributed by atoms with E-state index in [0.717, 1.165) is 17.0 Å². The standard InChI is InChI=1S/C16H21N3O2/c1-4-21-15-8-6-5-7-13(15)14(17)10-19-12(3)18-11(2)9-16(19)20/h5-9,14H,4,10,17H2,1-3H3. The van der Waals surface area contributed by atoms with Crippen molar-refractivity contribution in [1.82, 2.24) is 9.55 Å². The van der Waals surface area contributed by atoms with Gasteiger partial charge in [0.2, 0.25) is 0 Å². The van der Waals surface area contributed by atoms with E-state index in [-0.39, 0.29) is 11.6 Å². The molecule has 1 heterocycles. The van der Waals surface area contributed by atoms with Crippen molar-refractivity contribution in [3.63, 3.8) is 0 Å². The minimum Gasteiger partial charge on any atom is -0.494 e. The number of nitrogens with zero attached hydrogens (tertiary/aromatic N) is 2. The molecule has 2 aromatic rings. The maximum atomic E-state index is 12.1. The van der Waals surface area contributed by atoms with E-state index in [4.69, 9.17) is 10.5 Å². The highest BCUT2D eigenvalue weighted by molar-refractivity contribution is 5.35. The molecule has 1 unspecified atom stereocenters. The van der Waals surface area contributed by atoms with Gasteiger partial charge in [0.05, 0.1) is 12.6 Å². The number of aryl methyl sites for hydroxylation is 2. The molecule has 2 N–H and O–H groups in total. The van der Waals surface area contributed by atoms with Crippen LogP contribution in [0.2, 0.25) is 0 Å². The Balaban J connectivity index is 2.31. The molecule has 0 aliphatic rings. The summed E-state index contributed by atoms with van der Waals surface area (Å²) in [4.78, 5) is 16.4. The fourth-order valence-corrected chi connectivity index (χ4v) is 2.35. The van der Waals surface area contributed by atoms with Crippen molar-refractivity contribution < 1.29 is 4.74 Å². The highest BCUT2D eigenvalue weighted by Crippen LogP contribution is 2.24. The first kappa shape index (κ1) is 15.3. The van der Waals surface area contributed by atoms with Crippen molar-refractivity contribution in [3.8, 4) is 5.75 Å². The summed E-state index contributed by atoms with van der Waals surface area (Å²) in [7, 11) is 0. The minimum absolute atomic E-state index is 0.0793. The van der Waals surface area contributed by atoms with E-state index in [1.54, 1.807) is 4.57 Å². The van der Waals surface area contributed by atoms with Crippen LogP contribution in [0.15, 0.2) is 35.1 Å². The van der Waals surface area contributed by atoms with E-state index in [1.807, 2.05) is 45.0 Å². The quantitative estimate of drug-likeness (QED) is 0.912. The van der Waals surface area contributed by atoms with Gasteiger partial charge in [0.15, 0.2) is 0 Å². The molecule has 0 radical (unpaired) electrons. The van der Waals surface area contributed by atoms with Crippen molar-refractivity contribution >= 4 is 0 Å². The van der Waals surface area contributed by atoms with Crippen LogP contribution in [-0.4, -0.2) is 16.2 Å². The van der Waals surface area contributed by atoms with Crippen molar-refractivity contribution in [2.45, 2.75) is 33.4 Å². The maximum Gasteiger partial charge on any atom is 0.253 e. The van der Waals surface area contributed by atoms with Gasteiger partial charge < -0.3 is 10.5 Å². The first-order valence-electron chi connectivity index (χ1n) is 7.05. The van der Waals surface area contributed by atoms with Gasteiger partial charge in [-0.25, -0.2) is 4.98 Å². The molecule has 0 saturated carbocycles. The first-order valence-corrected chi connectivity index (χ1v) is 7.05. The molecule has 0 aliphatic carbocycles. The predicted octanol–water partition coefficient (Wildman–Crippen LogP) is 1.96. The van der Waals surface area contributed by atoms with Gasteiger partial charge in [-0.1, -0.05) is 18.2 Å². The van der Waals surface area contributed by atoms with Gasteiger partial charge in [-0.2, -0.15) is 0 Å². The van der Waals surface area contributed by atoms with Gasteiger partial charge in [-0.15, -0.1) is 0 Å². The van der Waals surface area contributed by atoms with Gasteiger partial charge in [-0.3, -0.25) is 9.36 Å². The number of hydrogen-bond acceptors (Lipinski definition) is 4.